The summed E-state index contributed by atoms with van der Waals surface area (Å²) >= 11 is 1.07. The second kappa shape index (κ2) is 6.73. The molecule has 0 heterocycles. The van der Waals surface area contributed by atoms with Gasteiger partial charge < -0.3 is 14.9 Å². The molecule has 0 aliphatic heterocycles. The van der Waals surface area contributed by atoms with E-state index in [1.54, 1.807) is 30.3 Å². The summed E-state index contributed by atoms with van der Waals surface area (Å²) in [7, 11) is 1.28. The Hall–Kier alpha value is -3.16. The molecular weight excluding hydrogens is 316 g/mol. The van der Waals surface area contributed by atoms with Crippen LogP contribution in [-0.2, 0) is 4.74 Å². The number of ether oxygens (including phenoxy) is 1. The number of nitriles is 2. The molecule has 0 aromatic heterocycles. The van der Waals surface area contributed by atoms with Crippen molar-refractivity contribution in [2.24, 2.45) is 0 Å². The molecule has 0 fully saturated rings. The summed E-state index contributed by atoms with van der Waals surface area (Å²) in [5.41, 5.74) is 0.258. The lowest BCUT2D eigenvalue weighted by Crippen LogP contribution is -2.00. The summed E-state index contributed by atoms with van der Waals surface area (Å²) in [5, 5.41) is 37.6. The minimum Gasteiger partial charge on any atom is -0.504 e. The monoisotopic (exact) mass is 326 g/mol. The van der Waals surface area contributed by atoms with E-state index in [0.717, 1.165) is 17.8 Å². The zero-order valence-corrected chi connectivity index (χ0v) is 12.7. The third-order valence-electron chi connectivity index (χ3n) is 2.96. The molecule has 7 heteroatoms. The van der Waals surface area contributed by atoms with E-state index in [9.17, 15) is 15.0 Å². The van der Waals surface area contributed by atoms with Crippen LogP contribution in [0.25, 0.3) is 0 Å². The summed E-state index contributed by atoms with van der Waals surface area (Å²) in [6.45, 7) is 0. The Labute approximate surface area is 136 Å². The van der Waals surface area contributed by atoms with Crippen molar-refractivity contribution in [1.82, 2.24) is 0 Å². The van der Waals surface area contributed by atoms with Gasteiger partial charge in [-0.05, 0) is 24.3 Å². The number of esters is 1. The van der Waals surface area contributed by atoms with E-state index < -0.39 is 17.5 Å². The van der Waals surface area contributed by atoms with Crippen LogP contribution in [0.4, 0.5) is 0 Å². The summed E-state index contributed by atoms with van der Waals surface area (Å²) in [6, 6.07) is 11.1. The first-order valence-corrected chi connectivity index (χ1v) is 7.08. The molecule has 2 N–H and O–H groups in total. The second-order valence-corrected chi connectivity index (χ2v) is 5.42. The van der Waals surface area contributed by atoms with Crippen LogP contribution < -0.4 is 0 Å². The fourth-order valence-electron chi connectivity index (χ4n) is 1.83. The van der Waals surface area contributed by atoms with E-state index >= 15 is 0 Å². The molecule has 114 valence electrons. The number of hydrogen-bond donors (Lipinski definition) is 2. The van der Waals surface area contributed by atoms with Crippen LogP contribution in [0.1, 0.15) is 21.5 Å². The van der Waals surface area contributed by atoms with Gasteiger partial charge in [0.05, 0.1) is 23.1 Å². The van der Waals surface area contributed by atoms with Crippen molar-refractivity contribution in [2.75, 3.05) is 7.11 Å². The fourth-order valence-corrected chi connectivity index (χ4v) is 2.80. The average molecular weight is 326 g/mol. The van der Waals surface area contributed by atoms with Gasteiger partial charge in [-0.3, -0.25) is 0 Å². The molecule has 0 spiro atoms. The number of methoxy groups -OCH3 is 1. The Balaban J connectivity index is 2.45. The van der Waals surface area contributed by atoms with Gasteiger partial charge in [-0.15, -0.1) is 0 Å². The Morgan fingerprint density at radius 3 is 2.35 bits per heavy atom. The molecule has 2 aromatic rings. The largest absolute Gasteiger partial charge is 0.504 e. The van der Waals surface area contributed by atoms with Gasteiger partial charge >= 0.3 is 5.97 Å². The van der Waals surface area contributed by atoms with Crippen molar-refractivity contribution in [3.8, 4) is 23.6 Å². The van der Waals surface area contributed by atoms with Crippen LogP contribution in [0, 0.1) is 22.7 Å². The number of hydrogen-bond acceptors (Lipinski definition) is 7. The van der Waals surface area contributed by atoms with E-state index in [1.807, 2.05) is 6.07 Å². The smallest absolute Gasteiger partial charge is 0.337 e. The molecule has 0 saturated carbocycles. The molecule has 0 amide bonds. The molecule has 2 aromatic carbocycles. The normalized spacial score (nSPS) is 9.70. The highest BCUT2D eigenvalue weighted by Crippen LogP contribution is 2.41. The number of phenols is 2. The van der Waals surface area contributed by atoms with Crippen LogP contribution in [0.15, 0.2) is 40.1 Å². The van der Waals surface area contributed by atoms with Crippen molar-refractivity contribution in [3.63, 3.8) is 0 Å². The predicted molar refractivity (Wildman–Crippen MR) is 81.1 cm³/mol. The van der Waals surface area contributed by atoms with Crippen LogP contribution in [0.3, 0.4) is 0 Å². The van der Waals surface area contributed by atoms with Crippen molar-refractivity contribution >= 4 is 17.7 Å². The molecule has 0 aliphatic carbocycles. The van der Waals surface area contributed by atoms with Crippen molar-refractivity contribution in [1.29, 1.82) is 10.5 Å². The molecule has 2 rings (SSSR count). The number of carbonyl (C=O) groups is 1. The molecule has 23 heavy (non-hydrogen) atoms. The van der Waals surface area contributed by atoms with Gasteiger partial charge in [0.2, 0.25) is 0 Å². The van der Waals surface area contributed by atoms with Crippen molar-refractivity contribution in [2.45, 2.75) is 9.79 Å². The first-order valence-electron chi connectivity index (χ1n) is 6.27. The number of phenolic OH excluding ortho intramolecular Hbond substituents is 2. The lowest BCUT2D eigenvalue weighted by molar-refractivity contribution is 0.0600. The lowest BCUT2D eigenvalue weighted by Gasteiger charge is -2.09. The number of nitrogens with zero attached hydrogens (tertiary/aromatic N) is 2. The quantitative estimate of drug-likeness (QED) is 0.658. The lowest BCUT2D eigenvalue weighted by atomic mass is 10.1. The third-order valence-corrected chi connectivity index (χ3v) is 4.10. The van der Waals surface area contributed by atoms with Gasteiger partial charge in [0.1, 0.15) is 17.7 Å². The standard InChI is InChI=1S/C16H10N2O4S/c1-22-16(21)9-2-4-11(5-3-9)23-15-10(7-17)6-13(19)14(20)12(15)8-18/h2-6,19-20H,1H3. The topological polar surface area (TPSA) is 114 Å². The van der Waals surface area contributed by atoms with Crippen molar-refractivity contribution in [3.05, 3.63) is 47.0 Å². The zero-order chi connectivity index (χ0) is 17.0. The maximum absolute atomic E-state index is 11.4. The number of aromatic hydroxyl groups is 2. The molecule has 0 atom stereocenters. The van der Waals surface area contributed by atoms with Crippen LogP contribution in [0.5, 0.6) is 11.5 Å². The highest BCUT2D eigenvalue weighted by Gasteiger charge is 2.18. The molecule has 0 saturated heterocycles. The molecule has 0 bridgehead atoms. The third kappa shape index (κ3) is 3.20. The van der Waals surface area contributed by atoms with Gasteiger partial charge in [-0.25, -0.2) is 4.79 Å². The average Bonchev–Trinajstić information content (AvgIpc) is 2.58. The van der Waals surface area contributed by atoms with E-state index in [4.69, 9.17) is 10.5 Å². The van der Waals surface area contributed by atoms with E-state index in [0.29, 0.717) is 10.5 Å². The summed E-state index contributed by atoms with van der Waals surface area (Å²) in [4.78, 5) is 12.3. The van der Waals surface area contributed by atoms with Gasteiger partial charge in [-0.2, -0.15) is 10.5 Å². The van der Waals surface area contributed by atoms with Crippen molar-refractivity contribution < 1.29 is 19.7 Å². The van der Waals surface area contributed by atoms with E-state index in [2.05, 4.69) is 4.74 Å². The zero-order valence-electron chi connectivity index (χ0n) is 11.9. The molecule has 0 aliphatic rings. The maximum Gasteiger partial charge on any atom is 0.337 e. The highest BCUT2D eigenvalue weighted by molar-refractivity contribution is 7.99. The summed E-state index contributed by atoms with van der Waals surface area (Å²) in [5.74, 6) is -1.57. The van der Waals surface area contributed by atoms with Gasteiger partial charge in [-0.1, -0.05) is 11.8 Å². The minimum atomic E-state index is -0.569. The van der Waals surface area contributed by atoms with Crippen LogP contribution in [-0.4, -0.2) is 23.3 Å². The SMILES string of the molecule is COC(=O)c1ccc(Sc2c(C#N)cc(O)c(O)c2C#N)cc1. The second-order valence-electron chi connectivity index (χ2n) is 4.34. The summed E-state index contributed by atoms with van der Waals surface area (Å²) < 4.78 is 4.60. The Bertz CT molecular complexity index is 848. The van der Waals surface area contributed by atoms with Crippen LogP contribution >= 0.6 is 11.8 Å². The van der Waals surface area contributed by atoms with Crippen LogP contribution in [0.2, 0.25) is 0 Å². The number of rotatable bonds is 3. The number of carbonyl (C=O) groups excluding carboxylic acids is 1. The molecule has 0 radical (unpaired) electrons. The minimum absolute atomic E-state index is 0.0684. The van der Waals surface area contributed by atoms with Gasteiger partial charge in [0, 0.05) is 11.0 Å². The van der Waals surface area contributed by atoms with E-state index in [-0.39, 0.29) is 16.0 Å². The predicted octanol–water partition coefficient (Wildman–Crippen LogP) is 2.78. The van der Waals surface area contributed by atoms with Gasteiger partial charge in [0.25, 0.3) is 0 Å². The Kier molecular flexibility index (Phi) is 4.75. The molecular formula is C16H10N2O4S. The van der Waals surface area contributed by atoms with Gasteiger partial charge in [0.15, 0.2) is 11.5 Å². The Morgan fingerprint density at radius 1 is 1.17 bits per heavy atom. The first-order chi connectivity index (χ1) is 11.0. The maximum atomic E-state index is 11.4. The van der Waals surface area contributed by atoms with E-state index in [1.165, 1.54) is 7.11 Å². The summed E-state index contributed by atoms with van der Waals surface area (Å²) in [6.07, 6.45) is 0. The highest BCUT2D eigenvalue weighted by atomic mass is 32.2. The first kappa shape index (κ1) is 16.2. The Morgan fingerprint density at radius 2 is 1.83 bits per heavy atom. The number of benzene rings is 2. The fraction of sp³-hybridized carbons (Fsp3) is 0.0625. The molecule has 0 unspecified atom stereocenters. The molecule has 6 nitrogen and oxygen atoms in total.